The van der Waals surface area contributed by atoms with Crippen LogP contribution in [0.1, 0.15) is 47.1 Å². The number of ether oxygens (including phenoxy) is 1. The van der Waals surface area contributed by atoms with Crippen molar-refractivity contribution in [3.05, 3.63) is 93.4 Å². The zero-order valence-electron chi connectivity index (χ0n) is 20.4. The molecule has 0 bridgehead atoms. The van der Waals surface area contributed by atoms with E-state index >= 15 is 0 Å². The molecule has 0 radical (unpaired) electrons. The Morgan fingerprint density at radius 1 is 1.08 bits per heavy atom. The number of hydrogen-bond acceptors (Lipinski definition) is 8. The fraction of sp³-hybridized carbons (Fsp3) is 0.154. The van der Waals surface area contributed by atoms with Gasteiger partial charge in [0, 0.05) is 17.6 Å². The molecular formula is C26H21FN4O7. The van der Waals surface area contributed by atoms with E-state index in [0.717, 1.165) is 29.0 Å². The smallest absolute Gasteiger partial charge is 0.420 e. The van der Waals surface area contributed by atoms with Gasteiger partial charge >= 0.3 is 12.1 Å². The minimum atomic E-state index is -1.34. The number of rotatable bonds is 6. The third-order valence-electron chi connectivity index (χ3n) is 5.31. The molecule has 0 fully saturated rings. The van der Waals surface area contributed by atoms with Gasteiger partial charge in [-0.15, -0.1) is 0 Å². The van der Waals surface area contributed by atoms with Gasteiger partial charge in [0.25, 0.3) is 5.69 Å². The van der Waals surface area contributed by atoms with Gasteiger partial charge in [0.2, 0.25) is 0 Å². The number of carbonyl (C=O) groups excluding carboxylic acids is 2. The highest BCUT2D eigenvalue weighted by Gasteiger charge is 2.26. The Kier molecular flexibility index (Phi) is 6.64. The summed E-state index contributed by atoms with van der Waals surface area (Å²) in [4.78, 5) is 52.9. The third-order valence-corrected chi connectivity index (χ3v) is 5.31. The van der Waals surface area contributed by atoms with Crippen molar-refractivity contribution in [1.29, 1.82) is 0 Å². The Morgan fingerprint density at radius 2 is 1.79 bits per heavy atom. The number of carboxylic acid groups (broad SMARTS) is 1. The maximum absolute atomic E-state index is 14.6. The molecule has 194 valence electrons. The van der Waals surface area contributed by atoms with Gasteiger partial charge in [-0.2, -0.15) is 0 Å². The molecule has 4 aromatic rings. The molecule has 0 aliphatic rings. The summed E-state index contributed by atoms with van der Waals surface area (Å²) in [5.41, 5.74) is -1.93. The molecule has 11 nitrogen and oxygen atoms in total. The Balaban J connectivity index is 1.86. The highest BCUT2D eigenvalue weighted by Crippen LogP contribution is 2.30. The van der Waals surface area contributed by atoms with Crippen LogP contribution in [0, 0.1) is 15.9 Å². The van der Waals surface area contributed by atoms with E-state index in [4.69, 9.17) is 4.74 Å². The fourth-order valence-corrected chi connectivity index (χ4v) is 3.66. The van der Waals surface area contributed by atoms with E-state index in [1.54, 1.807) is 26.8 Å². The van der Waals surface area contributed by atoms with Crippen LogP contribution in [0.2, 0.25) is 0 Å². The number of benzene rings is 2. The lowest BCUT2D eigenvalue weighted by Gasteiger charge is -2.19. The van der Waals surface area contributed by atoms with Gasteiger partial charge in [0.05, 0.1) is 21.6 Å². The molecule has 2 N–H and O–H groups in total. The van der Waals surface area contributed by atoms with Crippen LogP contribution in [0.3, 0.4) is 0 Å². The lowest BCUT2D eigenvalue weighted by molar-refractivity contribution is -0.383. The van der Waals surface area contributed by atoms with Crippen LogP contribution in [0.5, 0.6) is 0 Å². The lowest BCUT2D eigenvalue weighted by atomic mass is 10.0. The van der Waals surface area contributed by atoms with E-state index in [2.05, 4.69) is 10.3 Å². The number of carboxylic acids is 1. The quantitative estimate of drug-likeness (QED) is 0.189. The molecule has 2 heterocycles. The molecule has 38 heavy (non-hydrogen) atoms. The minimum Gasteiger partial charge on any atom is -0.478 e. The second-order valence-electron chi connectivity index (χ2n) is 9.19. The molecule has 0 saturated carbocycles. The second-order valence-corrected chi connectivity index (χ2v) is 9.19. The first-order valence-electron chi connectivity index (χ1n) is 11.2. The fourth-order valence-electron chi connectivity index (χ4n) is 3.66. The van der Waals surface area contributed by atoms with Gasteiger partial charge < -0.3 is 15.2 Å². The van der Waals surface area contributed by atoms with E-state index in [-0.39, 0.29) is 39.4 Å². The number of aromatic nitrogens is 2. The van der Waals surface area contributed by atoms with Crippen LogP contribution in [0.15, 0.2) is 60.8 Å². The molecular weight excluding hydrogens is 499 g/mol. The Hall–Kier alpha value is -5.13. The standard InChI is InChI=1S/C26H21FN4O7/c1-26(2,3)38-25(35)30-13-17(22(32)16-12-14(24(33)34)8-10-18(16)27)15-9-11-21(29-23(15)30)28-19-6-4-5-7-20(19)31(36)37/h4-13H,1-3H3,(H,28,29)(H,33,34). The van der Waals surface area contributed by atoms with Crippen LogP contribution >= 0.6 is 0 Å². The number of halogens is 1. The van der Waals surface area contributed by atoms with Crippen molar-refractivity contribution in [2.75, 3.05) is 5.32 Å². The molecule has 0 amide bonds. The average Bonchev–Trinajstić information content (AvgIpc) is 3.22. The summed E-state index contributed by atoms with van der Waals surface area (Å²) in [5.74, 6) is -3.05. The van der Waals surface area contributed by atoms with Crippen LogP contribution < -0.4 is 5.32 Å². The molecule has 0 aliphatic carbocycles. The van der Waals surface area contributed by atoms with Gasteiger partial charge in [-0.1, -0.05) is 12.1 Å². The number of nitrogens with one attached hydrogen (secondary N) is 1. The van der Waals surface area contributed by atoms with E-state index in [0.29, 0.717) is 0 Å². The molecule has 4 rings (SSSR count). The number of para-hydroxylation sites is 2. The molecule has 2 aromatic heterocycles. The largest absolute Gasteiger partial charge is 0.478 e. The van der Waals surface area contributed by atoms with E-state index < -0.39 is 39.8 Å². The molecule has 0 spiro atoms. The normalized spacial score (nSPS) is 11.3. The highest BCUT2D eigenvalue weighted by atomic mass is 19.1. The number of aromatic carboxylic acids is 1. The number of hydrogen-bond donors (Lipinski definition) is 2. The van der Waals surface area contributed by atoms with E-state index in [1.807, 2.05) is 0 Å². The lowest BCUT2D eigenvalue weighted by Crippen LogP contribution is -2.27. The summed E-state index contributed by atoms with van der Waals surface area (Å²) in [6.45, 7) is 4.93. The molecule has 0 unspecified atom stereocenters. The first-order chi connectivity index (χ1) is 17.9. The first-order valence-corrected chi connectivity index (χ1v) is 11.2. The number of anilines is 2. The van der Waals surface area contributed by atoms with Crippen molar-refractivity contribution in [2.45, 2.75) is 26.4 Å². The number of nitro benzene ring substituents is 1. The van der Waals surface area contributed by atoms with E-state index in [9.17, 15) is 34.0 Å². The van der Waals surface area contributed by atoms with Crippen LogP contribution in [-0.4, -0.2) is 43.0 Å². The van der Waals surface area contributed by atoms with Crippen molar-refractivity contribution in [1.82, 2.24) is 9.55 Å². The number of nitrogens with zero attached hydrogens (tertiary/aromatic N) is 3. The average molecular weight is 520 g/mol. The summed E-state index contributed by atoms with van der Waals surface area (Å²) in [5, 5.41) is 23.6. The third kappa shape index (κ3) is 5.19. The van der Waals surface area contributed by atoms with Gasteiger partial charge in [0.1, 0.15) is 22.9 Å². The number of ketones is 1. The molecule has 2 aromatic carbocycles. The molecule has 12 heteroatoms. The van der Waals surface area contributed by atoms with Gasteiger partial charge in [-0.3, -0.25) is 14.9 Å². The maximum atomic E-state index is 14.6. The topological polar surface area (TPSA) is 154 Å². The van der Waals surface area contributed by atoms with Crippen molar-refractivity contribution in [3.63, 3.8) is 0 Å². The van der Waals surface area contributed by atoms with Crippen molar-refractivity contribution in [2.24, 2.45) is 0 Å². The molecule has 0 atom stereocenters. The van der Waals surface area contributed by atoms with Gasteiger partial charge in [0.15, 0.2) is 11.4 Å². The van der Waals surface area contributed by atoms with Crippen molar-refractivity contribution < 1.29 is 33.5 Å². The molecule has 0 aliphatic heterocycles. The number of nitro groups is 1. The summed E-state index contributed by atoms with van der Waals surface area (Å²) in [6.07, 6.45) is 0.257. The summed E-state index contributed by atoms with van der Waals surface area (Å²) < 4.78 is 21.0. The SMILES string of the molecule is CC(C)(C)OC(=O)n1cc(C(=O)c2cc(C(=O)O)ccc2F)c2ccc(Nc3ccccc3[N+](=O)[O-])nc21. The van der Waals surface area contributed by atoms with E-state index in [1.165, 1.54) is 30.3 Å². The first kappa shape index (κ1) is 25.9. The Morgan fingerprint density at radius 3 is 2.45 bits per heavy atom. The predicted octanol–water partition coefficient (Wildman–Crippen LogP) is 5.54. The van der Waals surface area contributed by atoms with Crippen molar-refractivity contribution >= 4 is 46.1 Å². The summed E-state index contributed by atoms with van der Waals surface area (Å²) in [7, 11) is 0. The maximum Gasteiger partial charge on any atom is 0.420 e. The van der Waals surface area contributed by atoms with Crippen molar-refractivity contribution in [3.8, 4) is 0 Å². The monoisotopic (exact) mass is 520 g/mol. The minimum absolute atomic E-state index is 0.0408. The zero-order chi connectivity index (χ0) is 27.8. The number of pyridine rings is 1. The van der Waals surface area contributed by atoms with Crippen LogP contribution in [-0.2, 0) is 4.74 Å². The highest BCUT2D eigenvalue weighted by molar-refractivity contribution is 6.17. The molecule has 0 saturated heterocycles. The van der Waals surface area contributed by atoms with Crippen LogP contribution in [0.4, 0.5) is 26.4 Å². The van der Waals surface area contributed by atoms with Crippen LogP contribution in [0.25, 0.3) is 11.0 Å². The Bertz CT molecular complexity index is 1620. The summed E-state index contributed by atoms with van der Waals surface area (Å²) in [6, 6.07) is 11.6. The number of fused-ring (bicyclic) bond motifs is 1. The summed E-state index contributed by atoms with van der Waals surface area (Å²) >= 11 is 0. The van der Waals surface area contributed by atoms with Gasteiger partial charge in [-0.25, -0.2) is 23.5 Å². The zero-order valence-corrected chi connectivity index (χ0v) is 20.4. The van der Waals surface area contributed by atoms with Gasteiger partial charge in [-0.05, 0) is 57.2 Å². The Labute approximate surface area is 214 Å². The second kappa shape index (κ2) is 9.73. The predicted molar refractivity (Wildman–Crippen MR) is 135 cm³/mol. The number of carbonyl (C=O) groups is 3.